The minimum absolute atomic E-state index is 0.419. The van der Waals surface area contributed by atoms with Crippen LogP contribution < -0.4 is 5.73 Å². The number of aryl methyl sites for hydroxylation is 1. The van der Waals surface area contributed by atoms with E-state index in [4.69, 9.17) is 5.73 Å². The number of halogens is 3. The van der Waals surface area contributed by atoms with Gasteiger partial charge in [0.2, 0.25) is 0 Å². The lowest BCUT2D eigenvalue weighted by Crippen LogP contribution is -2.19. The molecule has 0 amide bonds. The summed E-state index contributed by atoms with van der Waals surface area (Å²) >= 11 is 0. The zero-order valence-electron chi connectivity index (χ0n) is 9.25. The van der Waals surface area contributed by atoms with E-state index in [1.165, 1.54) is 4.57 Å². The molecule has 3 nitrogen and oxygen atoms in total. The Kier molecular flexibility index (Phi) is 2.73. The average Bonchev–Trinajstić information content (AvgIpc) is 2.53. The van der Waals surface area contributed by atoms with Crippen molar-refractivity contribution in [3.05, 3.63) is 24.0 Å². The molecular formula is C11H12F3N3. The fourth-order valence-corrected chi connectivity index (χ4v) is 1.82. The highest BCUT2D eigenvalue weighted by Gasteiger charge is 2.29. The van der Waals surface area contributed by atoms with E-state index in [1.807, 2.05) is 0 Å². The van der Waals surface area contributed by atoms with Crippen molar-refractivity contribution in [3.63, 3.8) is 0 Å². The number of aromatic nitrogens is 2. The monoisotopic (exact) mass is 243 g/mol. The van der Waals surface area contributed by atoms with Gasteiger partial charge >= 0.3 is 6.18 Å². The van der Waals surface area contributed by atoms with Gasteiger partial charge in [-0.05, 0) is 18.2 Å². The number of nitrogens with zero attached hydrogens (tertiary/aromatic N) is 2. The second-order valence-corrected chi connectivity index (χ2v) is 3.83. The van der Waals surface area contributed by atoms with Crippen LogP contribution in [0.15, 0.2) is 18.2 Å². The summed E-state index contributed by atoms with van der Waals surface area (Å²) in [6, 6.07) is 4.74. The first-order valence-corrected chi connectivity index (χ1v) is 5.22. The Bertz CT molecular complexity index is 543. The van der Waals surface area contributed by atoms with Crippen molar-refractivity contribution < 1.29 is 13.2 Å². The molecule has 17 heavy (non-hydrogen) atoms. The Balaban J connectivity index is 2.58. The minimum Gasteiger partial charge on any atom is -0.399 e. The molecule has 0 radical (unpaired) electrons. The van der Waals surface area contributed by atoms with Gasteiger partial charge in [0.05, 0.1) is 11.0 Å². The van der Waals surface area contributed by atoms with Crippen LogP contribution in [-0.4, -0.2) is 15.7 Å². The molecule has 0 aliphatic heterocycles. The molecule has 6 heteroatoms. The van der Waals surface area contributed by atoms with Crippen molar-refractivity contribution in [3.8, 4) is 0 Å². The van der Waals surface area contributed by atoms with Gasteiger partial charge in [0, 0.05) is 12.1 Å². The van der Waals surface area contributed by atoms with E-state index in [1.54, 1.807) is 25.1 Å². The largest absolute Gasteiger partial charge is 0.406 e. The SMILES string of the molecule is CCc1nc2cc(N)ccc2n1CC(F)(F)F. The summed E-state index contributed by atoms with van der Waals surface area (Å²) < 4.78 is 38.6. The van der Waals surface area contributed by atoms with Gasteiger partial charge in [0.25, 0.3) is 0 Å². The third kappa shape index (κ3) is 2.35. The lowest BCUT2D eigenvalue weighted by atomic mass is 10.3. The van der Waals surface area contributed by atoms with Crippen molar-refractivity contribution in [1.29, 1.82) is 0 Å². The second-order valence-electron chi connectivity index (χ2n) is 3.83. The van der Waals surface area contributed by atoms with Crippen LogP contribution in [0.25, 0.3) is 11.0 Å². The van der Waals surface area contributed by atoms with Crippen molar-refractivity contribution in [2.24, 2.45) is 0 Å². The molecule has 0 saturated heterocycles. The van der Waals surface area contributed by atoms with Crippen molar-refractivity contribution >= 4 is 16.7 Å². The molecule has 0 aliphatic carbocycles. The van der Waals surface area contributed by atoms with Gasteiger partial charge in [-0.15, -0.1) is 0 Å². The number of anilines is 1. The standard InChI is InChI=1S/C11H12F3N3/c1-2-10-16-8-5-7(15)3-4-9(8)17(10)6-11(12,13)14/h3-5H,2,6,15H2,1H3. The van der Waals surface area contributed by atoms with Gasteiger partial charge in [-0.3, -0.25) is 0 Å². The Morgan fingerprint density at radius 3 is 2.65 bits per heavy atom. The maximum Gasteiger partial charge on any atom is 0.406 e. The Labute approximate surface area is 96.0 Å². The zero-order valence-corrected chi connectivity index (χ0v) is 9.25. The molecule has 0 atom stereocenters. The number of benzene rings is 1. The summed E-state index contributed by atoms with van der Waals surface area (Å²) in [4.78, 5) is 4.16. The van der Waals surface area contributed by atoms with Crippen molar-refractivity contribution in [1.82, 2.24) is 9.55 Å². The van der Waals surface area contributed by atoms with E-state index in [0.717, 1.165) is 0 Å². The third-order valence-electron chi connectivity index (χ3n) is 2.50. The van der Waals surface area contributed by atoms with Crippen LogP contribution in [0.2, 0.25) is 0 Å². The number of imidazole rings is 1. The summed E-state index contributed by atoms with van der Waals surface area (Å²) in [7, 11) is 0. The topological polar surface area (TPSA) is 43.8 Å². The highest BCUT2D eigenvalue weighted by atomic mass is 19.4. The van der Waals surface area contributed by atoms with Gasteiger partial charge in [-0.2, -0.15) is 13.2 Å². The summed E-state index contributed by atoms with van der Waals surface area (Å²) in [5.41, 5.74) is 7.05. The van der Waals surface area contributed by atoms with Gasteiger partial charge in [0.15, 0.2) is 0 Å². The lowest BCUT2D eigenvalue weighted by molar-refractivity contribution is -0.140. The van der Waals surface area contributed by atoms with E-state index < -0.39 is 12.7 Å². The Hall–Kier alpha value is -1.72. The van der Waals surface area contributed by atoms with E-state index in [0.29, 0.717) is 29.0 Å². The Morgan fingerprint density at radius 2 is 2.06 bits per heavy atom. The van der Waals surface area contributed by atoms with Gasteiger partial charge in [-0.1, -0.05) is 6.92 Å². The minimum atomic E-state index is -4.25. The fraction of sp³-hybridized carbons (Fsp3) is 0.364. The third-order valence-corrected chi connectivity index (χ3v) is 2.50. The summed E-state index contributed by atoms with van der Waals surface area (Å²) in [5.74, 6) is 0.419. The Morgan fingerprint density at radius 1 is 1.35 bits per heavy atom. The molecule has 2 N–H and O–H groups in total. The van der Waals surface area contributed by atoms with Gasteiger partial charge in [-0.25, -0.2) is 4.98 Å². The zero-order chi connectivity index (χ0) is 12.6. The van der Waals surface area contributed by atoms with Crippen LogP contribution >= 0.6 is 0 Å². The molecule has 0 aliphatic rings. The molecule has 0 bridgehead atoms. The maximum absolute atomic E-state index is 12.5. The normalized spacial score (nSPS) is 12.2. The molecule has 1 aromatic carbocycles. The summed E-state index contributed by atoms with van der Waals surface area (Å²) in [5, 5.41) is 0. The molecule has 0 saturated carbocycles. The van der Waals surface area contributed by atoms with Crippen LogP contribution in [-0.2, 0) is 13.0 Å². The van der Waals surface area contributed by atoms with Gasteiger partial charge < -0.3 is 10.3 Å². The highest BCUT2D eigenvalue weighted by Crippen LogP contribution is 2.24. The average molecular weight is 243 g/mol. The fourth-order valence-electron chi connectivity index (χ4n) is 1.82. The van der Waals surface area contributed by atoms with Crippen molar-refractivity contribution in [2.45, 2.75) is 26.1 Å². The molecular weight excluding hydrogens is 231 g/mol. The summed E-state index contributed by atoms with van der Waals surface area (Å²) in [6.07, 6.45) is -3.80. The number of hydrogen-bond donors (Lipinski definition) is 1. The number of hydrogen-bond acceptors (Lipinski definition) is 2. The molecule has 92 valence electrons. The summed E-state index contributed by atoms with van der Waals surface area (Å²) in [6.45, 7) is 0.758. The lowest BCUT2D eigenvalue weighted by Gasteiger charge is -2.10. The quantitative estimate of drug-likeness (QED) is 0.824. The smallest absolute Gasteiger partial charge is 0.399 e. The molecule has 1 heterocycles. The maximum atomic E-state index is 12.5. The number of rotatable bonds is 2. The van der Waals surface area contributed by atoms with E-state index >= 15 is 0 Å². The first kappa shape index (κ1) is 11.8. The first-order valence-electron chi connectivity index (χ1n) is 5.22. The van der Waals surface area contributed by atoms with Crippen LogP contribution in [0.5, 0.6) is 0 Å². The molecule has 0 unspecified atom stereocenters. The number of fused-ring (bicyclic) bond motifs is 1. The molecule has 2 aromatic rings. The molecule has 2 rings (SSSR count). The van der Waals surface area contributed by atoms with Crippen LogP contribution in [0.1, 0.15) is 12.7 Å². The van der Waals surface area contributed by atoms with E-state index in [-0.39, 0.29) is 0 Å². The highest BCUT2D eigenvalue weighted by molar-refractivity contribution is 5.79. The van der Waals surface area contributed by atoms with Crippen molar-refractivity contribution in [2.75, 3.05) is 5.73 Å². The van der Waals surface area contributed by atoms with E-state index in [2.05, 4.69) is 4.98 Å². The van der Waals surface area contributed by atoms with E-state index in [9.17, 15) is 13.2 Å². The van der Waals surface area contributed by atoms with Gasteiger partial charge in [0.1, 0.15) is 12.4 Å². The molecule has 0 fully saturated rings. The van der Waals surface area contributed by atoms with Crippen LogP contribution in [0.3, 0.4) is 0 Å². The predicted octanol–water partition coefficient (Wildman–Crippen LogP) is 2.74. The first-order chi connectivity index (χ1) is 7.90. The number of nitrogen functional groups attached to an aromatic ring is 1. The molecule has 1 aromatic heterocycles. The molecule has 0 spiro atoms. The number of nitrogens with two attached hydrogens (primary N) is 1. The van der Waals surface area contributed by atoms with Crippen LogP contribution in [0, 0.1) is 0 Å². The van der Waals surface area contributed by atoms with Crippen LogP contribution in [0.4, 0.5) is 18.9 Å². The predicted molar refractivity (Wildman–Crippen MR) is 59.6 cm³/mol. The second kappa shape index (κ2) is 3.94. The number of alkyl halides is 3.